The van der Waals surface area contributed by atoms with E-state index in [4.69, 9.17) is 86.6 Å². The average molecular weight is 1630 g/mol. The van der Waals surface area contributed by atoms with Crippen molar-refractivity contribution >= 4 is 129 Å². The summed E-state index contributed by atoms with van der Waals surface area (Å²) in [6, 6.07) is 23.8. The molecule has 0 fully saturated rings. The van der Waals surface area contributed by atoms with Crippen LogP contribution in [0.1, 0.15) is 81.0 Å². The fourth-order valence-electron chi connectivity index (χ4n) is 12.4. The number of fused-ring (bicyclic) bond motifs is 6. The summed E-state index contributed by atoms with van der Waals surface area (Å²) >= 11 is 14.1. The Morgan fingerprint density at radius 2 is 1.08 bits per heavy atom. The Kier molecular flexibility index (Phi) is 36.1. The number of methoxy groups -OCH3 is 2. The van der Waals surface area contributed by atoms with Gasteiger partial charge in [0.1, 0.15) is 30.2 Å². The van der Waals surface area contributed by atoms with Gasteiger partial charge in [-0.1, -0.05) is 74.5 Å². The van der Waals surface area contributed by atoms with E-state index in [2.05, 4.69) is 21.3 Å². The van der Waals surface area contributed by atoms with Gasteiger partial charge in [-0.3, -0.25) is 33.8 Å². The van der Waals surface area contributed by atoms with Gasteiger partial charge in [0.05, 0.1) is 114 Å². The maximum Gasteiger partial charge on any atom is 0.524 e. The third kappa shape index (κ3) is 26.4. The van der Waals surface area contributed by atoms with Crippen molar-refractivity contribution in [3.63, 3.8) is 0 Å². The number of amides is 9. The van der Waals surface area contributed by atoms with Crippen LogP contribution in [-0.2, 0) is 68.2 Å². The van der Waals surface area contributed by atoms with Crippen molar-refractivity contribution in [3.8, 4) is 11.5 Å². The van der Waals surface area contributed by atoms with E-state index in [9.17, 15) is 52.7 Å². The van der Waals surface area contributed by atoms with Crippen molar-refractivity contribution in [2.75, 3.05) is 186 Å². The van der Waals surface area contributed by atoms with E-state index in [0.717, 1.165) is 16.9 Å². The molecule has 0 unspecified atom stereocenters. The molecule has 36 heteroatoms. The van der Waals surface area contributed by atoms with Crippen LogP contribution in [0.5, 0.6) is 11.5 Å². The van der Waals surface area contributed by atoms with Gasteiger partial charge in [0.15, 0.2) is 0 Å². The summed E-state index contributed by atoms with van der Waals surface area (Å²) in [6.45, 7) is 8.75. The number of halogens is 2. The van der Waals surface area contributed by atoms with Crippen LogP contribution in [0.4, 0.5) is 31.4 Å². The zero-order chi connectivity index (χ0) is 79.8. The highest BCUT2D eigenvalue weighted by molar-refractivity contribution is 7.46. The number of anilines is 3. The molecule has 32 nitrogen and oxygen atoms in total. The van der Waals surface area contributed by atoms with E-state index in [-0.39, 0.29) is 155 Å². The molecule has 4 atom stereocenters. The van der Waals surface area contributed by atoms with Crippen LogP contribution in [-0.4, -0.2) is 250 Å². The topological polar surface area (TPSA) is 409 Å². The molecule has 0 bridgehead atoms. The van der Waals surface area contributed by atoms with Crippen molar-refractivity contribution in [2.24, 2.45) is 17.4 Å². The van der Waals surface area contributed by atoms with Gasteiger partial charge in [0.2, 0.25) is 17.7 Å². The minimum Gasteiger partial charge on any atom is -0.445 e. The number of alkyl halides is 2. The van der Waals surface area contributed by atoms with E-state index >= 15 is 0 Å². The lowest BCUT2D eigenvalue weighted by Crippen LogP contribution is -2.54. The lowest BCUT2D eigenvalue weighted by molar-refractivity contribution is -0.132. The van der Waals surface area contributed by atoms with Crippen LogP contribution < -0.4 is 51.8 Å². The molecule has 10 N–H and O–H groups in total. The third-order valence-electron chi connectivity index (χ3n) is 17.9. The number of ether oxygens (including phenoxy) is 10. The molecule has 111 heavy (non-hydrogen) atoms. The van der Waals surface area contributed by atoms with E-state index in [1.807, 2.05) is 12.1 Å². The van der Waals surface area contributed by atoms with Crippen LogP contribution >= 0.6 is 42.4 Å². The second-order valence-electron chi connectivity index (χ2n) is 26.1. The first-order chi connectivity index (χ1) is 53.6. The number of nitrogens with zero attached hydrogens (tertiary/aromatic N) is 4. The molecule has 6 aromatic rings. The van der Waals surface area contributed by atoms with Crippen molar-refractivity contribution < 1.29 is 105 Å². The Morgan fingerprint density at radius 3 is 1.56 bits per heavy atom. The maximum atomic E-state index is 14.9. The smallest absolute Gasteiger partial charge is 0.445 e. The Labute approximate surface area is 657 Å². The molecule has 0 saturated carbocycles. The molecule has 8 rings (SSSR count). The molecule has 3 heterocycles. The Hall–Kier alpha value is -8.35. The van der Waals surface area contributed by atoms with Gasteiger partial charge in [0, 0.05) is 125 Å². The first kappa shape index (κ1) is 88.2. The highest BCUT2D eigenvalue weighted by Gasteiger charge is 2.40. The lowest BCUT2D eigenvalue weighted by atomic mass is 9.95. The SMILES string of the molecule is COCCN(CCN(CCOC)C(=O)Oc1cc2c(c3ccccc13)[C@H](CCl)CN2C(=O)c1ccc(C(=O)N2C[C@@H](CCl)c3c2cc(OP(=O)(O)O)c2ccccc32)s1)C(=O)OCc1ccc(NC(=O)[C@H](CCCNC(N)=O)NC(=O)[C@@H](NC(=O)CCOCCOCCOCCOCCOCCOCCN)C(C)C)cc1. The summed E-state index contributed by atoms with van der Waals surface area (Å²) in [5.41, 5.74) is 13.8. The number of carbonyl (C=O) groups is 8. The highest BCUT2D eigenvalue weighted by atomic mass is 35.5. The molecule has 1 aromatic heterocycles. The second kappa shape index (κ2) is 45.4. The van der Waals surface area contributed by atoms with E-state index in [0.29, 0.717) is 116 Å². The summed E-state index contributed by atoms with van der Waals surface area (Å²) in [4.78, 5) is 136. The average Bonchev–Trinajstić information content (AvgIpc) is 1.63. The minimum atomic E-state index is -5.02. The highest BCUT2D eigenvalue weighted by Crippen LogP contribution is 2.50. The number of nitrogens with two attached hydrogens (primary N) is 2. The number of primary amides is 1. The predicted molar refractivity (Wildman–Crippen MR) is 417 cm³/mol. The Morgan fingerprint density at radius 1 is 0.604 bits per heavy atom. The third-order valence-corrected chi connectivity index (χ3v) is 20.1. The summed E-state index contributed by atoms with van der Waals surface area (Å²) in [5, 5.41) is 13.1. The molecular weight excluding hydrogens is 1530 g/mol. The van der Waals surface area contributed by atoms with Crippen LogP contribution in [0.2, 0.25) is 0 Å². The van der Waals surface area contributed by atoms with Crippen LogP contribution in [0, 0.1) is 5.92 Å². The fourth-order valence-corrected chi connectivity index (χ4v) is 14.2. The number of benzene rings is 5. The van der Waals surface area contributed by atoms with Crippen molar-refractivity contribution in [2.45, 2.75) is 63.6 Å². The Bertz CT molecular complexity index is 4120. The standard InChI is InChI=1S/C75H99Cl2N10O22PS/c1-49(2)68(83-65(88)21-28-101-32-34-103-36-38-105-40-41-106-39-37-104-35-33-102-29-22-78)70(90)82-58(14-9-23-80-73(79)93)69(89)81-53-17-15-50(16-18-53)48-107-74(94)84(26-30-99-3)24-25-85(27-31-100-4)75(95)108-61-42-59-66(56-12-7-5-10-54(56)61)51(44-76)46-86(59)71(91)63-19-20-64(111-63)72(92)87-47-52(45-77)67-57-13-8-6-11-55(57)62(43-60(67)87)109-110(96,97)98/h5-8,10-13,15-20,42-43,49,51-52,58,68H,9,14,21-41,44-48,78H2,1-4H3,(H,81,89)(H,82,90)(H,83,88)(H3,79,80,93)(H2,96,97,98)/t51-,52-,58+,68+/m1/s1. The van der Waals surface area contributed by atoms with Crippen LogP contribution in [0.3, 0.4) is 0 Å². The summed E-state index contributed by atoms with van der Waals surface area (Å²) in [7, 11) is -2.08. The number of rotatable bonds is 48. The normalized spacial score (nSPS) is 14.4. The largest absolute Gasteiger partial charge is 0.524 e. The number of urea groups is 1. The van der Waals surface area contributed by atoms with E-state index < -0.39 is 67.7 Å². The Balaban J connectivity index is 0.840. The number of carbonyl (C=O) groups excluding carboxylic acids is 8. The molecule has 5 aromatic carbocycles. The quantitative estimate of drug-likeness (QED) is 0.0103. The first-order valence-electron chi connectivity index (χ1n) is 36.4. The van der Waals surface area contributed by atoms with Gasteiger partial charge >= 0.3 is 26.0 Å². The molecular formula is C75H99Cl2N10O22PS. The number of nitrogens with one attached hydrogen (secondary N) is 4. The molecule has 2 aliphatic rings. The zero-order valence-electron chi connectivity index (χ0n) is 62.5. The van der Waals surface area contributed by atoms with Gasteiger partial charge in [-0.15, -0.1) is 34.5 Å². The van der Waals surface area contributed by atoms with E-state index in [1.165, 1.54) is 35.0 Å². The number of hydrogen-bond acceptors (Lipinski definition) is 22. The number of phosphoric ester groups is 1. The summed E-state index contributed by atoms with van der Waals surface area (Å²) in [5.74, 6) is -3.39. The van der Waals surface area contributed by atoms with Crippen LogP contribution in [0.25, 0.3) is 21.5 Å². The molecule has 9 amide bonds. The molecule has 2 aliphatic heterocycles. The zero-order valence-corrected chi connectivity index (χ0v) is 65.8. The van der Waals surface area contributed by atoms with Gasteiger partial charge in [-0.05, 0) is 70.5 Å². The molecule has 0 spiro atoms. The van der Waals surface area contributed by atoms with Gasteiger partial charge in [0.25, 0.3) is 11.8 Å². The second-order valence-corrected chi connectivity index (χ2v) is 28.9. The minimum absolute atomic E-state index is 0.0374. The number of phosphoric acid groups is 1. The van der Waals surface area contributed by atoms with Crippen molar-refractivity contribution in [1.82, 2.24) is 25.8 Å². The maximum absolute atomic E-state index is 14.9. The number of hydrogen-bond donors (Lipinski definition) is 8. The number of thiophene rings is 1. The summed E-state index contributed by atoms with van der Waals surface area (Å²) < 4.78 is 72.8. The van der Waals surface area contributed by atoms with Crippen molar-refractivity contribution in [1.29, 1.82) is 0 Å². The molecule has 0 radical (unpaired) electrons. The first-order valence-corrected chi connectivity index (χ1v) is 39.8. The van der Waals surface area contributed by atoms with E-state index in [1.54, 1.807) is 97.6 Å². The van der Waals surface area contributed by atoms with Gasteiger partial charge < -0.3 is 104 Å². The fraction of sp³-hybridized carbons (Fsp3) is 0.493. The van der Waals surface area contributed by atoms with Gasteiger partial charge in [-0.25, -0.2) is 18.9 Å². The van der Waals surface area contributed by atoms with Crippen molar-refractivity contribution in [3.05, 3.63) is 124 Å². The van der Waals surface area contributed by atoms with Gasteiger partial charge in [-0.2, -0.15) is 0 Å². The molecule has 606 valence electrons. The lowest BCUT2D eigenvalue weighted by Gasteiger charge is -2.27. The van der Waals surface area contributed by atoms with Crippen LogP contribution in [0.15, 0.2) is 97.1 Å². The molecule has 0 aliphatic carbocycles. The monoisotopic (exact) mass is 1620 g/mol. The molecule has 0 saturated heterocycles. The summed E-state index contributed by atoms with van der Waals surface area (Å²) in [6.07, 6.45) is -1.26. The predicted octanol–water partition coefficient (Wildman–Crippen LogP) is 7.69.